The third-order valence-electron chi connectivity index (χ3n) is 4.28. The van der Waals surface area contributed by atoms with E-state index in [1.54, 1.807) is 8.61 Å². The largest absolute Gasteiger partial charge is 0.312 e. The third kappa shape index (κ3) is 2.12. The van der Waals surface area contributed by atoms with Gasteiger partial charge >= 0.3 is 0 Å². The van der Waals surface area contributed by atoms with Crippen molar-refractivity contribution >= 4 is 10.2 Å². The minimum Gasteiger partial charge on any atom is -0.312 e. The van der Waals surface area contributed by atoms with E-state index in [0.717, 1.165) is 25.9 Å². The van der Waals surface area contributed by atoms with E-state index in [9.17, 15) is 8.42 Å². The topological polar surface area (TPSA) is 52.7 Å². The molecule has 3 aliphatic heterocycles. The molecule has 0 unspecified atom stereocenters. The van der Waals surface area contributed by atoms with Crippen molar-refractivity contribution in [2.45, 2.75) is 31.7 Å². The van der Waals surface area contributed by atoms with Crippen LogP contribution in [0.25, 0.3) is 0 Å². The Bertz CT molecular complexity index is 364. The second kappa shape index (κ2) is 4.50. The molecule has 0 aromatic heterocycles. The Morgan fingerprint density at radius 1 is 1.00 bits per heavy atom. The number of piperidine rings is 1. The molecule has 3 saturated heterocycles. The minimum atomic E-state index is -3.17. The molecule has 1 N–H and O–H groups in total. The highest BCUT2D eigenvalue weighted by Gasteiger charge is 2.42. The van der Waals surface area contributed by atoms with Crippen LogP contribution in [0.2, 0.25) is 0 Å². The Morgan fingerprint density at radius 2 is 1.76 bits per heavy atom. The second-order valence-electron chi connectivity index (χ2n) is 5.39. The molecule has 6 heteroatoms. The summed E-state index contributed by atoms with van der Waals surface area (Å²) in [6.45, 7) is 3.85. The number of hydrogen-bond acceptors (Lipinski definition) is 3. The average molecular weight is 259 g/mol. The first-order valence-electron chi connectivity index (χ1n) is 6.66. The van der Waals surface area contributed by atoms with E-state index in [-0.39, 0.29) is 0 Å². The average Bonchev–Trinajstić information content (AvgIpc) is 2.98. The van der Waals surface area contributed by atoms with Crippen molar-refractivity contribution < 1.29 is 8.42 Å². The number of nitrogens with zero attached hydrogens (tertiary/aromatic N) is 2. The van der Waals surface area contributed by atoms with E-state index in [2.05, 4.69) is 5.32 Å². The molecule has 0 bridgehead atoms. The van der Waals surface area contributed by atoms with Crippen molar-refractivity contribution in [2.75, 3.05) is 32.7 Å². The Balaban J connectivity index is 1.72. The highest BCUT2D eigenvalue weighted by molar-refractivity contribution is 7.86. The van der Waals surface area contributed by atoms with Gasteiger partial charge in [0.2, 0.25) is 0 Å². The fourth-order valence-electron chi connectivity index (χ4n) is 3.28. The molecule has 5 nitrogen and oxygen atoms in total. The van der Waals surface area contributed by atoms with Crippen LogP contribution >= 0.6 is 0 Å². The lowest BCUT2D eigenvalue weighted by atomic mass is 9.94. The predicted octanol–water partition coefficient (Wildman–Crippen LogP) is 0.0108. The molecule has 98 valence electrons. The molecule has 2 atom stereocenters. The van der Waals surface area contributed by atoms with Gasteiger partial charge in [-0.2, -0.15) is 17.0 Å². The molecule has 3 aliphatic rings. The molecule has 17 heavy (non-hydrogen) atoms. The Kier molecular flexibility index (Phi) is 3.15. The summed E-state index contributed by atoms with van der Waals surface area (Å²) >= 11 is 0. The first-order chi connectivity index (χ1) is 8.18. The van der Waals surface area contributed by atoms with Crippen LogP contribution in [0.4, 0.5) is 0 Å². The van der Waals surface area contributed by atoms with Crippen LogP contribution in [0.15, 0.2) is 0 Å². The second-order valence-corrected chi connectivity index (χ2v) is 7.32. The third-order valence-corrected chi connectivity index (χ3v) is 6.25. The molecule has 0 spiro atoms. The van der Waals surface area contributed by atoms with Crippen LogP contribution in [0, 0.1) is 5.92 Å². The number of nitrogens with one attached hydrogen (secondary N) is 1. The molecular weight excluding hydrogens is 238 g/mol. The van der Waals surface area contributed by atoms with Gasteiger partial charge in [0.05, 0.1) is 0 Å². The van der Waals surface area contributed by atoms with Crippen molar-refractivity contribution in [3.63, 3.8) is 0 Å². The van der Waals surface area contributed by atoms with Crippen molar-refractivity contribution in [2.24, 2.45) is 5.92 Å². The van der Waals surface area contributed by atoms with Crippen LogP contribution in [-0.2, 0) is 10.2 Å². The maximum atomic E-state index is 12.4. The quantitative estimate of drug-likeness (QED) is 0.760. The summed E-state index contributed by atoms with van der Waals surface area (Å²) in [5.41, 5.74) is 0. The molecule has 3 heterocycles. The Labute approximate surface area is 103 Å². The summed E-state index contributed by atoms with van der Waals surface area (Å²) in [5.74, 6) is 0.529. The zero-order chi connectivity index (χ0) is 11.9. The van der Waals surface area contributed by atoms with E-state index in [0.29, 0.717) is 31.6 Å². The highest BCUT2D eigenvalue weighted by Crippen LogP contribution is 2.28. The minimum absolute atomic E-state index is 0.390. The molecule has 3 rings (SSSR count). The van der Waals surface area contributed by atoms with Crippen molar-refractivity contribution in [3.05, 3.63) is 0 Å². The maximum Gasteiger partial charge on any atom is 0.282 e. The molecule has 3 fully saturated rings. The van der Waals surface area contributed by atoms with Gasteiger partial charge in [-0.15, -0.1) is 0 Å². The number of hydrogen-bond donors (Lipinski definition) is 1. The van der Waals surface area contributed by atoms with Crippen molar-refractivity contribution in [1.82, 2.24) is 13.9 Å². The lowest BCUT2D eigenvalue weighted by Crippen LogP contribution is -2.43. The lowest BCUT2D eigenvalue weighted by Gasteiger charge is -2.24. The van der Waals surface area contributed by atoms with Gasteiger partial charge in [-0.1, -0.05) is 0 Å². The number of fused-ring (bicyclic) bond motifs is 1. The first-order valence-corrected chi connectivity index (χ1v) is 8.06. The van der Waals surface area contributed by atoms with Gasteiger partial charge in [-0.25, -0.2) is 0 Å². The van der Waals surface area contributed by atoms with E-state index in [1.807, 2.05) is 0 Å². The summed E-state index contributed by atoms with van der Waals surface area (Å²) < 4.78 is 28.2. The van der Waals surface area contributed by atoms with Crippen molar-refractivity contribution in [3.8, 4) is 0 Å². The van der Waals surface area contributed by atoms with Gasteiger partial charge in [0, 0.05) is 32.2 Å². The SMILES string of the molecule is O=S(=O)(N1CCCC1)N1C[C@@H]2CCCN[C@@H]2C1. The predicted molar refractivity (Wildman–Crippen MR) is 65.8 cm³/mol. The van der Waals surface area contributed by atoms with Gasteiger partial charge in [-0.05, 0) is 38.1 Å². The summed E-state index contributed by atoms with van der Waals surface area (Å²) in [7, 11) is -3.17. The first kappa shape index (κ1) is 11.9. The summed E-state index contributed by atoms with van der Waals surface area (Å²) in [5, 5.41) is 3.45. The summed E-state index contributed by atoms with van der Waals surface area (Å²) in [6, 6.07) is 0.390. The smallest absolute Gasteiger partial charge is 0.282 e. The molecule has 0 saturated carbocycles. The molecule has 0 aromatic carbocycles. The van der Waals surface area contributed by atoms with Crippen LogP contribution < -0.4 is 5.32 Å². The molecule has 0 amide bonds. The van der Waals surface area contributed by atoms with Crippen LogP contribution in [0.5, 0.6) is 0 Å². The summed E-state index contributed by atoms with van der Waals surface area (Å²) in [4.78, 5) is 0. The normalized spacial score (nSPS) is 36.2. The summed E-state index contributed by atoms with van der Waals surface area (Å²) in [6.07, 6.45) is 4.37. The molecule has 0 aromatic rings. The van der Waals surface area contributed by atoms with Crippen molar-refractivity contribution in [1.29, 1.82) is 0 Å². The van der Waals surface area contributed by atoms with E-state index in [1.165, 1.54) is 12.8 Å². The molecule has 0 aliphatic carbocycles. The van der Waals surface area contributed by atoms with Gasteiger partial charge in [0.25, 0.3) is 10.2 Å². The van der Waals surface area contributed by atoms with Gasteiger partial charge in [-0.3, -0.25) is 0 Å². The van der Waals surface area contributed by atoms with Gasteiger partial charge in [0.1, 0.15) is 0 Å². The van der Waals surface area contributed by atoms with Crippen LogP contribution in [0.1, 0.15) is 25.7 Å². The zero-order valence-electron chi connectivity index (χ0n) is 10.1. The molecule has 0 radical (unpaired) electrons. The number of rotatable bonds is 2. The molecular formula is C11H21N3O2S. The lowest BCUT2D eigenvalue weighted by molar-refractivity contribution is 0.339. The Hall–Kier alpha value is -0.170. The van der Waals surface area contributed by atoms with E-state index < -0.39 is 10.2 Å². The fourth-order valence-corrected chi connectivity index (χ4v) is 5.05. The standard InChI is InChI=1S/C11H21N3O2S/c15-17(16,13-6-1-2-7-13)14-8-10-4-3-5-12-11(10)9-14/h10-12H,1-9H2/t10-,11+/m0/s1. The van der Waals surface area contributed by atoms with Gasteiger partial charge in [0.15, 0.2) is 0 Å². The Morgan fingerprint density at radius 3 is 2.47 bits per heavy atom. The monoisotopic (exact) mass is 259 g/mol. The van der Waals surface area contributed by atoms with E-state index in [4.69, 9.17) is 0 Å². The fraction of sp³-hybridized carbons (Fsp3) is 1.00. The van der Waals surface area contributed by atoms with Crippen LogP contribution in [-0.4, -0.2) is 55.8 Å². The highest BCUT2D eigenvalue weighted by atomic mass is 32.2. The zero-order valence-corrected chi connectivity index (χ0v) is 11.0. The van der Waals surface area contributed by atoms with Gasteiger partial charge < -0.3 is 5.32 Å². The maximum absolute atomic E-state index is 12.4. The van der Waals surface area contributed by atoms with Crippen LogP contribution in [0.3, 0.4) is 0 Å². The van der Waals surface area contributed by atoms with E-state index >= 15 is 0 Å².